The van der Waals surface area contributed by atoms with Crippen molar-refractivity contribution in [2.75, 3.05) is 0 Å². The van der Waals surface area contributed by atoms with Crippen molar-refractivity contribution in [3.63, 3.8) is 0 Å². The molecule has 0 spiro atoms. The molecule has 0 atom stereocenters. The molecule has 0 bridgehead atoms. The van der Waals surface area contributed by atoms with Gasteiger partial charge in [-0.25, -0.2) is 0 Å². The fourth-order valence-electron chi connectivity index (χ4n) is 3.69. The molecule has 1 nitrogen and oxygen atoms in total. The van der Waals surface area contributed by atoms with Gasteiger partial charge < -0.3 is 0 Å². The van der Waals surface area contributed by atoms with Crippen LogP contribution >= 0.6 is 0 Å². The SMILES string of the molecule is Cc1ccc(-c2nccc3c2ccc2c4ccccc4ccc32)cc1. The third-order valence-electron chi connectivity index (χ3n) is 4.99. The summed E-state index contributed by atoms with van der Waals surface area (Å²) in [6, 6.07) is 28.2. The van der Waals surface area contributed by atoms with Crippen LogP contribution in [-0.2, 0) is 0 Å². The average Bonchev–Trinajstić information content (AvgIpc) is 2.67. The molecule has 0 unspecified atom stereocenters. The Labute approximate surface area is 146 Å². The van der Waals surface area contributed by atoms with E-state index in [9.17, 15) is 0 Å². The Hall–Kier alpha value is -3.19. The molecule has 0 N–H and O–H groups in total. The molecular weight excluding hydrogens is 302 g/mol. The highest BCUT2D eigenvalue weighted by atomic mass is 14.7. The van der Waals surface area contributed by atoms with Gasteiger partial charge >= 0.3 is 0 Å². The van der Waals surface area contributed by atoms with E-state index in [1.807, 2.05) is 6.20 Å². The van der Waals surface area contributed by atoms with Crippen molar-refractivity contribution in [1.82, 2.24) is 4.98 Å². The Balaban J connectivity index is 1.87. The van der Waals surface area contributed by atoms with Crippen LogP contribution in [0.15, 0.2) is 85.1 Å². The van der Waals surface area contributed by atoms with Crippen LogP contribution < -0.4 is 0 Å². The monoisotopic (exact) mass is 319 g/mol. The minimum absolute atomic E-state index is 1.05. The molecule has 1 heteroatoms. The average molecular weight is 319 g/mol. The Bertz CT molecular complexity index is 1230. The predicted octanol–water partition coefficient (Wildman–Crippen LogP) is 6.52. The van der Waals surface area contributed by atoms with Crippen LogP contribution in [0.2, 0.25) is 0 Å². The number of hydrogen-bond acceptors (Lipinski definition) is 1. The molecule has 5 aromatic rings. The first-order valence-corrected chi connectivity index (χ1v) is 8.57. The summed E-state index contributed by atoms with van der Waals surface area (Å²) in [5, 5.41) is 7.62. The Morgan fingerprint density at radius 1 is 0.560 bits per heavy atom. The van der Waals surface area contributed by atoms with Crippen molar-refractivity contribution in [3.8, 4) is 11.3 Å². The molecule has 4 aromatic carbocycles. The number of pyridine rings is 1. The van der Waals surface area contributed by atoms with Crippen LogP contribution in [-0.4, -0.2) is 4.98 Å². The third kappa shape index (κ3) is 2.20. The first-order chi connectivity index (χ1) is 12.3. The van der Waals surface area contributed by atoms with Gasteiger partial charge in [0.05, 0.1) is 5.69 Å². The van der Waals surface area contributed by atoms with E-state index in [0.29, 0.717) is 0 Å². The fraction of sp³-hybridized carbons (Fsp3) is 0.0417. The summed E-state index contributed by atoms with van der Waals surface area (Å²) in [5.41, 5.74) is 3.48. The number of nitrogens with zero attached hydrogens (tertiary/aromatic N) is 1. The number of aromatic nitrogens is 1. The van der Waals surface area contributed by atoms with E-state index in [2.05, 4.69) is 90.8 Å². The molecule has 0 aliphatic heterocycles. The Morgan fingerprint density at radius 3 is 2.12 bits per heavy atom. The lowest BCUT2D eigenvalue weighted by atomic mass is 9.95. The maximum atomic E-state index is 4.68. The summed E-state index contributed by atoms with van der Waals surface area (Å²) >= 11 is 0. The Morgan fingerprint density at radius 2 is 1.24 bits per heavy atom. The van der Waals surface area contributed by atoms with E-state index >= 15 is 0 Å². The first kappa shape index (κ1) is 14.2. The molecule has 1 aromatic heterocycles. The molecular formula is C24H17N. The highest BCUT2D eigenvalue weighted by molar-refractivity contribution is 6.18. The molecule has 25 heavy (non-hydrogen) atoms. The summed E-state index contributed by atoms with van der Waals surface area (Å²) in [5.74, 6) is 0. The fourth-order valence-corrected chi connectivity index (χ4v) is 3.69. The van der Waals surface area contributed by atoms with Crippen LogP contribution in [0.3, 0.4) is 0 Å². The normalized spacial score (nSPS) is 11.4. The molecule has 0 fully saturated rings. The molecule has 0 saturated carbocycles. The van der Waals surface area contributed by atoms with Gasteiger partial charge in [-0.05, 0) is 39.9 Å². The van der Waals surface area contributed by atoms with Gasteiger partial charge in [0.1, 0.15) is 0 Å². The lowest BCUT2D eigenvalue weighted by molar-refractivity contribution is 1.35. The minimum Gasteiger partial charge on any atom is -0.256 e. The maximum absolute atomic E-state index is 4.68. The molecule has 1 heterocycles. The largest absolute Gasteiger partial charge is 0.256 e. The number of rotatable bonds is 1. The van der Waals surface area contributed by atoms with E-state index < -0.39 is 0 Å². The highest BCUT2D eigenvalue weighted by Gasteiger charge is 2.09. The van der Waals surface area contributed by atoms with Gasteiger partial charge in [0, 0.05) is 17.1 Å². The zero-order valence-corrected chi connectivity index (χ0v) is 14.0. The number of aryl methyl sites for hydroxylation is 1. The summed E-state index contributed by atoms with van der Waals surface area (Å²) in [6.45, 7) is 2.11. The predicted molar refractivity (Wildman–Crippen MR) is 107 cm³/mol. The van der Waals surface area contributed by atoms with E-state index in [-0.39, 0.29) is 0 Å². The van der Waals surface area contributed by atoms with Crippen LogP contribution in [0, 0.1) is 6.92 Å². The van der Waals surface area contributed by atoms with E-state index in [0.717, 1.165) is 11.3 Å². The van der Waals surface area contributed by atoms with Gasteiger partial charge in [-0.3, -0.25) is 4.98 Å². The van der Waals surface area contributed by atoms with E-state index in [4.69, 9.17) is 0 Å². The molecule has 0 amide bonds. The molecule has 0 aliphatic carbocycles. The zero-order valence-electron chi connectivity index (χ0n) is 14.0. The number of fused-ring (bicyclic) bond motifs is 5. The zero-order chi connectivity index (χ0) is 16.8. The molecule has 118 valence electrons. The first-order valence-electron chi connectivity index (χ1n) is 8.57. The third-order valence-corrected chi connectivity index (χ3v) is 4.99. The van der Waals surface area contributed by atoms with E-state index in [1.54, 1.807) is 0 Å². The van der Waals surface area contributed by atoms with Crippen LogP contribution in [0.4, 0.5) is 0 Å². The molecule has 0 saturated heterocycles. The molecule has 5 rings (SSSR count). The number of benzene rings is 4. The van der Waals surface area contributed by atoms with Gasteiger partial charge in [-0.2, -0.15) is 0 Å². The second kappa shape index (κ2) is 5.42. The van der Waals surface area contributed by atoms with Crippen molar-refractivity contribution in [1.29, 1.82) is 0 Å². The topological polar surface area (TPSA) is 12.9 Å². The summed E-state index contributed by atoms with van der Waals surface area (Å²) in [7, 11) is 0. The summed E-state index contributed by atoms with van der Waals surface area (Å²) in [6.07, 6.45) is 1.92. The van der Waals surface area contributed by atoms with Crippen molar-refractivity contribution in [2.24, 2.45) is 0 Å². The smallest absolute Gasteiger partial charge is 0.0780 e. The van der Waals surface area contributed by atoms with Gasteiger partial charge in [-0.15, -0.1) is 0 Å². The lowest BCUT2D eigenvalue weighted by Crippen LogP contribution is -1.88. The van der Waals surface area contributed by atoms with Gasteiger partial charge in [0.15, 0.2) is 0 Å². The highest BCUT2D eigenvalue weighted by Crippen LogP contribution is 2.34. The second-order valence-electron chi connectivity index (χ2n) is 6.57. The van der Waals surface area contributed by atoms with Gasteiger partial charge in [0.2, 0.25) is 0 Å². The summed E-state index contributed by atoms with van der Waals surface area (Å²) in [4.78, 5) is 4.68. The van der Waals surface area contributed by atoms with Crippen LogP contribution in [0.5, 0.6) is 0 Å². The van der Waals surface area contributed by atoms with Crippen molar-refractivity contribution >= 4 is 32.3 Å². The Kier molecular flexibility index (Phi) is 3.07. The summed E-state index contributed by atoms with van der Waals surface area (Å²) < 4.78 is 0. The van der Waals surface area contributed by atoms with Crippen LogP contribution in [0.25, 0.3) is 43.6 Å². The molecule has 0 aliphatic rings. The minimum atomic E-state index is 1.05. The standard InChI is InChI=1S/C24H17N/c1-16-6-8-18(9-7-16)24-23-13-12-20-19-5-3-2-4-17(19)10-11-21(20)22(23)14-15-25-24/h2-15H,1H3. The molecule has 0 radical (unpaired) electrons. The number of hydrogen-bond donors (Lipinski definition) is 0. The van der Waals surface area contributed by atoms with Crippen molar-refractivity contribution in [3.05, 3.63) is 90.6 Å². The maximum Gasteiger partial charge on any atom is 0.0780 e. The van der Waals surface area contributed by atoms with Crippen molar-refractivity contribution in [2.45, 2.75) is 6.92 Å². The van der Waals surface area contributed by atoms with Gasteiger partial charge in [-0.1, -0.05) is 78.4 Å². The van der Waals surface area contributed by atoms with Gasteiger partial charge in [0.25, 0.3) is 0 Å². The van der Waals surface area contributed by atoms with Crippen molar-refractivity contribution < 1.29 is 0 Å². The lowest BCUT2D eigenvalue weighted by Gasteiger charge is -2.10. The van der Waals surface area contributed by atoms with Crippen LogP contribution in [0.1, 0.15) is 5.56 Å². The van der Waals surface area contributed by atoms with E-state index in [1.165, 1.54) is 37.9 Å². The second-order valence-corrected chi connectivity index (χ2v) is 6.57. The quantitative estimate of drug-likeness (QED) is 0.321.